The fraction of sp³-hybridized carbons (Fsp3) is 0.101. The Labute approximate surface area is 550 Å². The highest BCUT2D eigenvalue weighted by Crippen LogP contribution is 2.55. The first-order valence-electron chi connectivity index (χ1n) is 32.0. The molecule has 0 heterocycles. The van der Waals surface area contributed by atoms with E-state index in [0.29, 0.717) is 0 Å². The quantitative estimate of drug-likeness (QED) is 0.161. The van der Waals surface area contributed by atoms with Gasteiger partial charge in [-0.25, -0.2) is 0 Å². The summed E-state index contributed by atoms with van der Waals surface area (Å²) in [7, 11) is 0. The molecule has 0 aromatic heterocycles. The molecule has 0 atom stereocenters. The third-order valence-electron chi connectivity index (χ3n) is 19.9. The van der Waals surface area contributed by atoms with Crippen LogP contribution in [-0.2, 0) is 16.2 Å². The van der Waals surface area contributed by atoms with Crippen molar-refractivity contribution in [1.29, 1.82) is 0 Å². The lowest BCUT2D eigenvalue weighted by Gasteiger charge is -2.31. The highest BCUT2D eigenvalue weighted by atomic mass is 79.9. The van der Waals surface area contributed by atoms with Crippen molar-refractivity contribution in [1.82, 2.24) is 0 Å². The van der Waals surface area contributed by atoms with Gasteiger partial charge in [-0.1, -0.05) is 306 Å². The second kappa shape index (κ2) is 23.2. The predicted octanol–water partition coefficient (Wildman–Crippen LogP) is 24.8. The number of benzene rings is 14. The minimum absolute atomic E-state index is 0.115. The van der Waals surface area contributed by atoms with Gasteiger partial charge in [-0.15, -0.1) is 0 Å². The van der Waals surface area contributed by atoms with Gasteiger partial charge in [-0.2, -0.15) is 0 Å². The number of anilines is 4. The van der Waals surface area contributed by atoms with Crippen LogP contribution in [0.3, 0.4) is 0 Å². The molecule has 92 heavy (non-hydrogen) atoms. The van der Waals surface area contributed by atoms with E-state index in [1.54, 1.807) is 0 Å². The maximum atomic E-state index is 6.21. The Kier molecular flexibility index (Phi) is 14.6. The minimum atomic E-state index is -0.115. The molecule has 2 nitrogen and oxygen atoms in total. The van der Waals surface area contributed by atoms with E-state index in [1.807, 2.05) is 24.3 Å². The fourth-order valence-corrected chi connectivity index (χ4v) is 15.4. The number of halogens is 1. The van der Waals surface area contributed by atoms with Crippen LogP contribution >= 0.6 is 15.9 Å². The SMILES string of the molecule is CC1(C)c2ccccc2-c2ccc(Br)cc21.CC1(C)c2ccccc2-c2ccc(N(c3ccc4c(c3)C(C)(C)c3ccccc3-4)c3ccc(-c4cccc5ccccc45)cc3-c3ccccc3)cc21.Nc1ccc(-c2cccc3ccccc23)cc1-c1ccccc1. The van der Waals surface area contributed by atoms with Gasteiger partial charge in [0.2, 0.25) is 0 Å². The van der Waals surface area contributed by atoms with Crippen LogP contribution in [-0.4, -0.2) is 0 Å². The van der Waals surface area contributed by atoms with Crippen LogP contribution in [0.4, 0.5) is 22.7 Å². The molecular weight excluding hydrogens is 1180 g/mol. The third-order valence-corrected chi connectivity index (χ3v) is 20.4. The summed E-state index contributed by atoms with van der Waals surface area (Å²) in [5.41, 5.74) is 36.3. The Bertz CT molecular complexity index is 5050. The molecule has 0 aliphatic heterocycles. The van der Waals surface area contributed by atoms with Gasteiger partial charge in [0.25, 0.3) is 0 Å². The van der Waals surface area contributed by atoms with E-state index in [4.69, 9.17) is 5.73 Å². The average Bonchev–Trinajstić information content (AvgIpc) is 1.57. The molecule has 0 bridgehead atoms. The first kappa shape index (κ1) is 58.1. The van der Waals surface area contributed by atoms with Gasteiger partial charge in [0.1, 0.15) is 0 Å². The number of nitrogens with two attached hydrogens (primary N) is 1. The summed E-state index contributed by atoms with van der Waals surface area (Å²) in [6.07, 6.45) is 0. The van der Waals surface area contributed by atoms with Gasteiger partial charge < -0.3 is 10.6 Å². The molecule has 0 amide bonds. The van der Waals surface area contributed by atoms with Gasteiger partial charge in [0.15, 0.2) is 0 Å². The molecule has 17 rings (SSSR count). The molecule has 3 heteroatoms. The van der Waals surface area contributed by atoms with Crippen molar-refractivity contribution in [2.24, 2.45) is 0 Å². The van der Waals surface area contributed by atoms with Crippen molar-refractivity contribution in [3.63, 3.8) is 0 Å². The standard InChI is InChI=1S/C52H41N.C22H17N.C15H13Br/c1-51(2)46-23-12-10-20-41(46)43-28-26-37(32-48(43)51)53(38-27-29-44-42-21-11-13-24-47(42)52(3,4)49(44)33-38)50-30-25-36(31-45(50)35-15-6-5-7-16-35)40-22-14-18-34-17-8-9-19-39(34)40;23-22-14-13-18(15-21(22)17-7-2-1-3-8-17)20-12-6-10-16-9-4-5-11-19(16)20;1-15(2)13-6-4-3-5-11(13)12-8-7-10(16)9-14(12)15/h5-33H,1-4H3;1-15H,23H2;3-9H,1-2H3. The number of rotatable bonds is 7. The van der Waals surface area contributed by atoms with Crippen molar-refractivity contribution in [2.75, 3.05) is 10.6 Å². The number of fused-ring (bicyclic) bond motifs is 11. The summed E-state index contributed by atoms with van der Waals surface area (Å²) in [5, 5.41) is 5.03. The van der Waals surface area contributed by atoms with Crippen molar-refractivity contribution in [3.8, 4) is 77.9 Å². The Morgan fingerprint density at radius 3 is 1.11 bits per heavy atom. The van der Waals surface area contributed by atoms with Crippen molar-refractivity contribution >= 4 is 60.2 Å². The largest absolute Gasteiger partial charge is 0.398 e. The van der Waals surface area contributed by atoms with Crippen molar-refractivity contribution < 1.29 is 0 Å². The first-order chi connectivity index (χ1) is 44.7. The first-order valence-corrected chi connectivity index (χ1v) is 32.8. The van der Waals surface area contributed by atoms with Crippen LogP contribution < -0.4 is 10.6 Å². The Morgan fingerprint density at radius 2 is 0.620 bits per heavy atom. The molecule has 0 fully saturated rings. The van der Waals surface area contributed by atoms with Crippen LogP contribution in [0.25, 0.3) is 99.4 Å². The van der Waals surface area contributed by atoms with Gasteiger partial charge in [0, 0.05) is 48.9 Å². The molecule has 14 aromatic rings. The highest BCUT2D eigenvalue weighted by Gasteiger charge is 2.39. The summed E-state index contributed by atoms with van der Waals surface area (Å²) in [4.78, 5) is 2.51. The average molecular weight is 1250 g/mol. The molecule has 0 unspecified atom stereocenters. The van der Waals surface area contributed by atoms with Gasteiger partial charge in [-0.3, -0.25) is 0 Å². The topological polar surface area (TPSA) is 29.3 Å². The normalized spacial score (nSPS) is 13.7. The zero-order chi connectivity index (χ0) is 62.9. The summed E-state index contributed by atoms with van der Waals surface area (Å²) >= 11 is 3.56. The van der Waals surface area contributed by atoms with E-state index < -0.39 is 0 Å². The van der Waals surface area contributed by atoms with Gasteiger partial charge in [0.05, 0.1) is 5.69 Å². The molecular formula is C89H71BrN2. The number of hydrogen-bond donors (Lipinski definition) is 1. The second-order valence-electron chi connectivity index (χ2n) is 26.3. The number of nitrogens with zero attached hydrogens (tertiary/aromatic N) is 1. The molecule has 3 aliphatic rings. The Balaban J connectivity index is 0.000000146. The summed E-state index contributed by atoms with van der Waals surface area (Å²) < 4.78 is 1.16. The zero-order valence-electron chi connectivity index (χ0n) is 52.8. The van der Waals surface area contributed by atoms with E-state index in [0.717, 1.165) is 38.3 Å². The highest BCUT2D eigenvalue weighted by molar-refractivity contribution is 9.10. The minimum Gasteiger partial charge on any atom is -0.398 e. The molecule has 0 saturated heterocycles. The molecule has 2 N–H and O–H groups in total. The van der Waals surface area contributed by atoms with Crippen LogP contribution in [0.2, 0.25) is 0 Å². The lowest BCUT2D eigenvalue weighted by atomic mass is 9.82. The lowest BCUT2D eigenvalue weighted by Crippen LogP contribution is -2.18. The lowest BCUT2D eigenvalue weighted by molar-refractivity contribution is 0.660. The predicted molar refractivity (Wildman–Crippen MR) is 396 cm³/mol. The number of nitrogen functional groups attached to an aromatic ring is 1. The summed E-state index contributed by atoms with van der Waals surface area (Å²) in [6.45, 7) is 14.1. The smallest absolute Gasteiger partial charge is 0.0540 e. The van der Waals surface area contributed by atoms with E-state index in [2.05, 4.69) is 347 Å². The summed E-state index contributed by atoms with van der Waals surface area (Å²) in [5.74, 6) is 0. The van der Waals surface area contributed by atoms with Gasteiger partial charge >= 0.3 is 0 Å². The number of hydrogen-bond acceptors (Lipinski definition) is 2. The summed E-state index contributed by atoms with van der Waals surface area (Å²) in [6, 6.07) is 112. The third kappa shape index (κ3) is 10.0. The van der Waals surface area contributed by atoms with Crippen LogP contribution in [0.1, 0.15) is 74.9 Å². The molecule has 0 spiro atoms. The van der Waals surface area contributed by atoms with Crippen molar-refractivity contribution in [2.45, 2.75) is 57.8 Å². The van der Waals surface area contributed by atoms with Crippen molar-refractivity contribution in [3.05, 3.63) is 347 Å². The zero-order valence-corrected chi connectivity index (χ0v) is 54.4. The maximum Gasteiger partial charge on any atom is 0.0540 e. The van der Waals surface area contributed by atoms with E-state index >= 15 is 0 Å². The Morgan fingerprint density at radius 1 is 0.261 bits per heavy atom. The monoisotopic (exact) mass is 1250 g/mol. The van der Waals surface area contributed by atoms with Crippen LogP contribution in [0.5, 0.6) is 0 Å². The molecule has 444 valence electrons. The van der Waals surface area contributed by atoms with E-state index in [1.165, 1.54) is 122 Å². The van der Waals surface area contributed by atoms with E-state index in [9.17, 15) is 0 Å². The molecule has 14 aromatic carbocycles. The fourth-order valence-electron chi connectivity index (χ4n) is 15.1. The van der Waals surface area contributed by atoms with E-state index in [-0.39, 0.29) is 16.2 Å². The van der Waals surface area contributed by atoms with Crippen LogP contribution in [0.15, 0.2) is 314 Å². The van der Waals surface area contributed by atoms with Gasteiger partial charge in [-0.05, 0) is 182 Å². The Hall–Kier alpha value is -10.3. The maximum absolute atomic E-state index is 6.21. The molecule has 0 saturated carbocycles. The molecule has 3 aliphatic carbocycles. The second-order valence-corrected chi connectivity index (χ2v) is 27.2. The van der Waals surface area contributed by atoms with Crippen LogP contribution in [0, 0.1) is 0 Å². The molecule has 0 radical (unpaired) electrons.